The van der Waals surface area contributed by atoms with E-state index in [1.54, 1.807) is 0 Å². The van der Waals surface area contributed by atoms with E-state index in [0.29, 0.717) is 12.0 Å². The van der Waals surface area contributed by atoms with Gasteiger partial charge in [-0.25, -0.2) is 0 Å². The highest BCUT2D eigenvalue weighted by Gasteiger charge is 2.31. The largest absolute Gasteiger partial charge is 0.416 e. The average Bonchev–Trinajstić information content (AvgIpc) is 2.16. The van der Waals surface area contributed by atoms with Crippen molar-refractivity contribution in [3.8, 4) is 0 Å². The molecule has 0 aromatic heterocycles. The molecule has 0 fully saturated rings. The highest BCUT2D eigenvalue weighted by atomic mass is 35.5. The first-order chi connectivity index (χ1) is 7.36. The van der Waals surface area contributed by atoms with Gasteiger partial charge in [0, 0.05) is 11.1 Å². The van der Waals surface area contributed by atoms with Crippen LogP contribution in [-0.4, -0.2) is 0 Å². The van der Waals surface area contributed by atoms with Crippen molar-refractivity contribution >= 4 is 24.0 Å². The molecule has 1 rings (SSSR count). The predicted molar refractivity (Wildman–Crippen MR) is 65.5 cm³/mol. The molecule has 1 atom stereocenters. The maximum atomic E-state index is 12.5. The van der Waals surface area contributed by atoms with Crippen LogP contribution in [0.2, 0.25) is 5.02 Å². The second kappa shape index (κ2) is 6.47. The van der Waals surface area contributed by atoms with Gasteiger partial charge in [0.25, 0.3) is 0 Å². The zero-order chi connectivity index (χ0) is 12.3. The number of rotatable bonds is 3. The van der Waals surface area contributed by atoms with Crippen LogP contribution in [0.25, 0.3) is 0 Å². The molecule has 0 heterocycles. The fourth-order valence-electron chi connectivity index (χ4n) is 1.47. The summed E-state index contributed by atoms with van der Waals surface area (Å²) in [5.41, 5.74) is 5.42. The van der Waals surface area contributed by atoms with Crippen molar-refractivity contribution < 1.29 is 13.2 Å². The van der Waals surface area contributed by atoms with E-state index in [2.05, 4.69) is 0 Å². The number of alkyl halides is 3. The van der Waals surface area contributed by atoms with E-state index in [1.807, 2.05) is 6.92 Å². The SMILES string of the molecule is CCC[C@@H](N)c1cc(C(F)(F)F)ccc1Cl.Cl. The maximum absolute atomic E-state index is 12.5. The molecule has 0 spiro atoms. The molecular formula is C11H14Cl2F3N. The molecular weight excluding hydrogens is 274 g/mol. The van der Waals surface area contributed by atoms with Crippen LogP contribution in [-0.2, 0) is 6.18 Å². The molecule has 1 aromatic carbocycles. The molecule has 0 aliphatic rings. The van der Waals surface area contributed by atoms with Crippen LogP contribution in [0.1, 0.15) is 36.9 Å². The van der Waals surface area contributed by atoms with Gasteiger partial charge in [-0.15, -0.1) is 12.4 Å². The van der Waals surface area contributed by atoms with Crippen molar-refractivity contribution in [1.82, 2.24) is 0 Å². The summed E-state index contributed by atoms with van der Waals surface area (Å²) < 4.78 is 37.4. The van der Waals surface area contributed by atoms with E-state index in [9.17, 15) is 13.2 Å². The fraction of sp³-hybridized carbons (Fsp3) is 0.455. The summed E-state index contributed by atoms with van der Waals surface area (Å²) in [5, 5.41) is 0.286. The first-order valence-corrected chi connectivity index (χ1v) is 5.36. The van der Waals surface area contributed by atoms with Crippen LogP contribution < -0.4 is 5.73 Å². The van der Waals surface area contributed by atoms with Crippen molar-refractivity contribution in [1.29, 1.82) is 0 Å². The second-order valence-corrected chi connectivity index (χ2v) is 4.04. The molecule has 98 valence electrons. The van der Waals surface area contributed by atoms with Gasteiger partial charge in [0.2, 0.25) is 0 Å². The lowest BCUT2D eigenvalue weighted by molar-refractivity contribution is -0.137. The Morgan fingerprint density at radius 3 is 2.41 bits per heavy atom. The van der Waals surface area contributed by atoms with Gasteiger partial charge in [-0.2, -0.15) is 13.2 Å². The van der Waals surface area contributed by atoms with Crippen molar-refractivity contribution in [2.75, 3.05) is 0 Å². The van der Waals surface area contributed by atoms with Crippen LogP contribution >= 0.6 is 24.0 Å². The van der Waals surface area contributed by atoms with Crippen molar-refractivity contribution in [3.05, 3.63) is 34.3 Å². The molecule has 17 heavy (non-hydrogen) atoms. The number of benzene rings is 1. The summed E-state index contributed by atoms with van der Waals surface area (Å²) in [6.07, 6.45) is -2.94. The van der Waals surface area contributed by atoms with Crippen LogP contribution in [0, 0.1) is 0 Å². The predicted octanol–water partition coefficient (Wildman–Crippen LogP) is 4.58. The first kappa shape index (κ1) is 16.6. The zero-order valence-corrected chi connectivity index (χ0v) is 10.8. The third-order valence-electron chi connectivity index (χ3n) is 2.32. The Morgan fingerprint density at radius 2 is 1.94 bits per heavy atom. The lowest BCUT2D eigenvalue weighted by Gasteiger charge is -2.15. The molecule has 0 unspecified atom stereocenters. The van der Waals surface area contributed by atoms with E-state index in [1.165, 1.54) is 6.07 Å². The van der Waals surface area contributed by atoms with Crippen molar-refractivity contribution in [2.24, 2.45) is 5.73 Å². The third kappa shape index (κ3) is 4.37. The van der Waals surface area contributed by atoms with Gasteiger partial charge < -0.3 is 5.73 Å². The molecule has 0 amide bonds. The Morgan fingerprint density at radius 1 is 1.35 bits per heavy atom. The minimum Gasteiger partial charge on any atom is -0.324 e. The fourth-order valence-corrected chi connectivity index (χ4v) is 1.73. The maximum Gasteiger partial charge on any atom is 0.416 e. The molecule has 1 nitrogen and oxygen atoms in total. The lowest BCUT2D eigenvalue weighted by atomic mass is 10.0. The smallest absolute Gasteiger partial charge is 0.324 e. The molecule has 6 heteroatoms. The minimum atomic E-state index is -4.36. The Balaban J connectivity index is 0.00000256. The van der Waals surface area contributed by atoms with Gasteiger partial charge in [-0.05, 0) is 30.2 Å². The van der Waals surface area contributed by atoms with E-state index >= 15 is 0 Å². The number of nitrogens with two attached hydrogens (primary N) is 1. The summed E-state index contributed by atoms with van der Waals surface area (Å²) in [6, 6.07) is 2.79. The highest BCUT2D eigenvalue weighted by molar-refractivity contribution is 6.31. The summed E-state index contributed by atoms with van der Waals surface area (Å²) in [5.74, 6) is 0. The number of halogens is 5. The van der Waals surface area contributed by atoms with Gasteiger partial charge >= 0.3 is 6.18 Å². The topological polar surface area (TPSA) is 26.0 Å². The lowest BCUT2D eigenvalue weighted by Crippen LogP contribution is -2.13. The Hall–Kier alpha value is -0.450. The van der Waals surface area contributed by atoms with Gasteiger partial charge in [0.05, 0.1) is 5.56 Å². The summed E-state index contributed by atoms with van der Waals surface area (Å²) in [6.45, 7) is 1.92. The Bertz CT molecular complexity index is 366. The molecule has 0 aliphatic heterocycles. The molecule has 0 saturated heterocycles. The first-order valence-electron chi connectivity index (χ1n) is 4.98. The van der Waals surface area contributed by atoms with Crippen LogP contribution in [0.5, 0.6) is 0 Å². The molecule has 0 radical (unpaired) electrons. The summed E-state index contributed by atoms with van der Waals surface area (Å²) in [4.78, 5) is 0. The highest BCUT2D eigenvalue weighted by Crippen LogP contribution is 2.34. The Labute approximate surface area is 110 Å². The van der Waals surface area contributed by atoms with Crippen molar-refractivity contribution in [3.63, 3.8) is 0 Å². The van der Waals surface area contributed by atoms with Crippen LogP contribution in [0.15, 0.2) is 18.2 Å². The monoisotopic (exact) mass is 287 g/mol. The summed E-state index contributed by atoms with van der Waals surface area (Å²) in [7, 11) is 0. The van der Waals surface area contributed by atoms with Gasteiger partial charge in [-0.1, -0.05) is 24.9 Å². The van der Waals surface area contributed by atoms with Crippen LogP contribution in [0.4, 0.5) is 13.2 Å². The third-order valence-corrected chi connectivity index (χ3v) is 2.67. The van der Waals surface area contributed by atoms with Gasteiger partial charge in [0.15, 0.2) is 0 Å². The number of hydrogen-bond donors (Lipinski definition) is 1. The average molecular weight is 288 g/mol. The molecule has 0 aliphatic carbocycles. The quantitative estimate of drug-likeness (QED) is 0.865. The van der Waals surface area contributed by atoms with Crippen LogP contribution in [0.3, 0.4) is 0 Å². The molecule has 1 aromatic rings. The summed E-state index contributed by atoms with van der Waals surface area (Å²) >= 11 is 5.83. The Kier molecular flexibility index (Phi) is 6.30. The minimum absolute atomic E-state index is 0. The van der Waals surface area contributed by atoms with Gasteiger partial charge in [-0.3, -0.25) is 0 Å². The van der Waals surface area contributed by atoms with E-state index in [0.717, 1.165) is 18.6 Å². The molecule has 0 saturated carbocycles. The van der Waals surface area contributed by atoms with E-state index in [-0.39, 0.29) is 17.4 Å². The van der Waals surface area contributed by atoms with Crippen molar-refractivity contribution in [2.45, 2.75) is 32.0 Å². The molecule has 0 bridgehead atoms. The van der Waals surface area contributed by atoms with Gasteiger partial charge in [0.1, 0.15) is 0 Å². The standard InChI is InChI=1S/C11H13ClF3N.ClH/c1-2-3-10(16)8-6-7(11(13,14)15)4-5-9(8)12;/h4-6,10H,2-3,16H2,1H3;1H/t10-;/m1./s1. The second-order valence-electron chi connectivity index (χ2n) is 3.63. The number of hydrogen-bond acceptors (Lipinski definition) is 1. The zero-order valence-electron chi connectivity index (χ0n) is 9.22. The molecule has 2 N–H and O–H groups in total. The van der Waals surface area contributed by atoms with E-state index in [4.69, 9.17) is 17.3 Å². The van der Waals surface area contributed by atoms with E-state index < -0.39 is 17.8 Å². The normalized spacial score (nSPS) is 13.1.